The van der Waals surface area contributed by atoms with Crippen molar-refractivity contribution in [3.05, 3.63) is 52.2 Å². The third-order valence-electron chi connectivity index (χ3n) is 6.43. The highest BCUT2D eigenvalue weighted by Crippen LogP contribution is 2.24. The summed E-state index contributed by atoms with van der Waals surface area (Å²) >= 11 is 0. The van der Waals surface area contributed by atoms with E-state index in [-0.39, 0.29) is 5.56 Å². The first kappa shape index (κ1) is 20.8. The predicted molar refractivity (Wildman–Crippen MR) is 124 cm³/mol. The second-order valence-corrected chi connectivity index (χ2v) is 8.57. The standard InChI is InChI=1S/C23H29N7O2/c1-27-6-5-20-17(15-27)13-22(26-25-20)29-9-7-28(8-10-29)18-3-4-19-21(14-18)24-16-30(23(19)31)11-12-32-2/h3-4,13-14,16H,5-12,15H2,1-2H3. The molecule has 4 heterocycles. The highest BCUT2D eigenvalue weighted by atomic mass is 16.5. The normalized spacial score (nSPS) is 17.1. The van der Waals surface area contributed by atoms with E-state index < -0.39 is 0 Å². The van der Waals surface area contributed by atoms with Crippen molar-refractivity contribution in [2.45, 2.75) is 19.5 Å². The first-order valence-corrected chi connectivity index (χ1v) is 11.1. The Morgan fingerprint density at radius 2 is 1.84 bits per heavy atom. The summed E-state index contributed by atoms with van der Waals surface area (Å²) in [7, 11) is 3.78. The average Bonchev–Trinajstić information content (AvgIpc) is 2.83. The highest BCUT2D eigenvalue weighted by molar-refractivity contribution is 5.81. The van der Waals surface area contributed by atoms with E-state index in [0.29, 0.717) is 18.5 Å². The Labute approximate surface area is 187 Å². The van der Waals surface area contributed by atoms with E-state index in [0.717, 1.165) is 68.4 Å². The van der Waals surface area contributed by atoms with Crippen molar-refractivity contribution in [2.75, 3.05) is 63.3 Å². The molecule has 9 nitrogen and oxygen atoms in total. The Balaban J connectivity index is 1.29. The van der Waals surface area contributed by atoms with Gasteiger partial charge in [0.1, 0.15) is 0 Å². The number of aromatic nitrogens is 4. The van der Waals surface area contributed by atoms with E-state index in [2.05, 4.69) is 43.0 Å². The SMILES string of the molecule is COCCn1cnc2cc(N3CCN(c4cc5c(nn4)CCN(C)C5)CC3)ccc2c1=O. The maximum atomic E-state index is 12.7. The van der Waals surface area contributed by atoms with Gasteiger partial charge in [-0.2, -0.15) is 5.10 Å². The number of methoxy groups -OCH3 is 1. The Kier molecular flexibility index (Phi) is 5.75. The number of hydrogen-bond donors (Lipinski definition) is 0. The molecule has 0 atom stereocenters. The fourth-order valence-corrected chi connectivity index (χ4v) is 4.50. The maximum absolute atomic E-state index is 12.7. The molecule has 3 aromatic rings. The maximum Gasteiger partial charge on any atom is 0.261 e. The van der Waals surface area contributed by atoms with Crippen LogP contribution in [-0.4, -0.2) is 78.1 Å². The summed E-state index contributed by atoms with van der Waals surface area (Å²) in [6, 6.07) is 8.14. The van der Waals surface area contributed by atoms with Crippen LogP contribution in [0.25, 0.3) is 10.9 Å². The zero-order valence-electron chi connectivity index (χ0n) is 18.7. The molecular weight excluding hydrogens is 406 g/mol. The minimum Gasteiger partial charge on any atom is -0.383 e. The van der Waals surface area contributed by atoms with E-state index in [4.69, 9.17) is 4.74 Å². The lowest BCUT2D eigenvalue weighted by Gasteiger charge is -2.37. The van der Waals surface area contributed by atoms with Crippen molar-refractivity contribution in [3.63, 3.8) is 0 Å². The summed E-state index contributed by atoms with van der Waals surface area (Å²) in [5, 5.41) is 9.64. The Hall–Kier alpha value is -3.04. The summed E-state index contributed by atoms with van der Waals surface area (Å²) in [6.07, 6.45) is 2.58. The van der Waals surface area contributed by atoms with Gasteiger partial charge in [0.15, 0.2) is 5.82 Å². The lowest BCUT2D eigenvalue weighted by Crippen LogP contribution is -2.47. The monoisotopic (exact) mass is 435 g/mol. The Morgan fingerprint density at radius 3 is 2.66 bits per heavy atom. The first-order chi connectivity index (χ1) is 15.6. The smallest absolute Gasteiger partial charge is 0.261 e. The number of ether oxygens (including phenoxy) is 1. The van der Waals surface area contributed by atoms with Gasteiger partial charge in [-0.1, -0.05) is 0 Å². The van der Waals surface area contributed by atoms with Crippen molar-refractivity contribution in [2.24, 2.45) is 0 Å². The zero-order chi connectivity index (χ0) is 22.1. The molecule has 32 heavy (non-hydrogen) atoms. The number of likely N-dealkylation sites (N-methyl/N-ethyl adjacent to an activating group) is 1. The van der Waals surface area contributed by atoms with E-state index in [1.165, 1.54) is 5.56 Å². The highest BCUT2D eigenvalue weighted by Gasteiger charge is 2.22. The number of benzene rings is 1. The number of hydrogen-bond acceptors (Lipinski definition) is 8. The summed E-state index contributed by atoms with van der Waals surface area (Å²) in [5.41, 5.74) is 4.23. The lowest BCUT2D eigenvalue weighted by atomic mass is 10.1. The van der Waals surface area contributed by atoms with Crippen molar-refractivity contribution in [1.82, 2.24) is 24.6 Å². The van der Waals surface area contributed by atoms with Crippen LogP contribution >= 0.6 is 0 Å². The molecule has 2 aliphatic heterocycles. The average molecular weight is 436 g/mol. The Morgan fingerprint density at radius 1 is 1.03 bits per heavy atom. The molecule has 2 aliphatic rings. The van der Waals surface area contributed by atoms with Gasteiger partial charge >= 0.3 is 0 Å². The second-order valence-electron chi connectivity index (χ2n) is 8.57. The molecule has 1 fully saturated rings. The van der Waals surface area contributed by atoms with Crippen LogP contribution in [0.3, 0.4) is 0 Å². The molecule has 1 aromatic carbocycles. The van der Waals surface area contributed by atoms with Gasteiger partial charge in [0.25, 0.3) is 5.56 Å². The molecule has 2 aromatic heterocycles. The summed E-state index contributed by atoms with van der Waals surface area (Å²) in [6.45, 7) is 6.51. The van der Waals surface area contributed by atoms with Crippen LogP contribution in [-0.2, 0) is 24.2 Å². The lowest BCUT2D eigenvalue weighted by molar-refractivity contribution is 0.186. The number of nitrogens with zero attached hydrogens (tertiary/aromatic N) is 7. The van der Waals surface area contributed by atoms with Gasteiger partial charge in [-0.15, -0.1) is 5.10 Å². The van der Waals surface area contributed by atoms with Gasteiger partial charge in [0.2, 0.25) is 0 Å². The van der Waals surface area contributed by atoms with Crippen LogP contribution < -0.4 is 15.4 Å². The topological polar surface area (TPSA) is 79.6 Å². The van der Waals surface area contributed by atoms with Crippen LogP contribution in [0.2, 0.25) is 0 Å². The number of fused-ring (bicyclic) bond motifs is 2. The molecule has 168 valence electrons. The van der Waals surface area contributed by atoms with Crippen LogP contribution in [0.15, 0.2) is 35.4 Å². The first-order valence-electron chi connectivity index (χ1n) is 11.1. The van der Waals surface area contributed by atoms with E-state index in [9.17, 15) is 4.79 Å². The Bertz CT molecular complexity index is 1170. The molecule has 0 unspecified atom stereocenters. The van der Waals surface area contributed by atoms with Gasteiger partial charge in [0.05, 0.1) is 36.1 Å². The van der Waals surface area contributed by atoms with E-state index >= 15 is 0 Å². The predicted octanol–water partition coefficient (Wildman–Crippen LogP) is 1.15. The minimum atomic E-state index is -0.0277. The molecule has 0 spiro atoms. The fraction of sp³-hybridized carbons (Fsp3) is 0.478. The van der Waals surface area contributed by atoms with Crippen LogP contribution in [0.5, 0.6) is 0 Å². The van der Waals surface area contributed by atoms with Gasteiger partial charge in [0, 0.05) is 58.5 Å². The third-order valence-corrected chi connectivity index (χ3v) is 6.43. The zero-order valence-corrected chi connectivity index (χ0v) is 18.7. The summed E-state index contributed by atoms with van der Waals surface area (Å²) in [4.78, 5) is 24.2. The van der Waals surface area contributed by atoms with Gasteiger partial charge in [-0.25, -0.2) is 4.98 Å². The number of piperazine rings is 1. The summed E-state index contributed by atoms with van der Waals surface area (Å²) in [5.74, 6) is 0.968. The van der Waals surface area contributed by atoms with Crippen LogP contribution in [0.1, 0.15) is 11.3 Å². The van der Waals surface area contributed by atoms with Gasteiger partial charge in [-0.05, 0) is 36.9 Å². The van der Waals surface area contributed by atoms with Gasteiger partial charge < -0.3 is 19.4 Å². The molecular formula is C23H29N7O2. The van der Waals surface area contributed by atoms with Crippen molar-refractivity contribution < 1.29 is 4.74 Å². The molecule has 0 amide bonds. The van der Waals surface area contributed by atoms with E-state index in [1.54, 1.807) is 18.0 Å². The molecule has 0 saturated carbocycles. The fourth-order valence-electron chi connectivity index (χ4n) is 4.50. The second kappa shape index (κ2) is 8.84. The van der Waals surface area contributed by atoms with Crippen molar-refractivity contribution >= 4 is 22.4 Å². The van der Waals surface area contributed by atoms with Gasteiger partial charge in [-0.3, -0.25) is 9.36 Å². The van der Waals surface area contributed by atoms with Crippen LogP contribution in [0, 0.1) is 0 Å². The molecule has 0 N–H and O–H groups in total. The van der Waals surface area contributed by atoms with Crippen LogP contribution in [0.4, 0.5) is 11.5 Å². The summed E-state index contributed by atoms with van der Waals surface area (Å²) < 4.78 is 6.67. The van der Waals surface area contributed by atoms with Crippen molar-refractivity contribution in [3.8, 4) is 0 Å². The molecule has 0 aliphatic carbocycles. The molecule has 0 radical (unpaired) electrons. The largest absolute Gasteiger partial charge is 0.383 e. The minimum absolute atomic E-state index is 0.0277. The van der Waals surface area contributed by atoms with Crippen molar-refractivity contribution in [1.29, 1.82) is 0 Å². The number of rotatable bonds is 5. The van der Waals surface area contributed by atoms with E-state index in [1.807, 2.05) is 18.2 Å². The molecule has 1 saturated heterocycles. The molecule has 0 bridgehead atoms. The third kappa shape index (κ3) is 4.05. The molecule has 9 heteroatoms. The number of anilines is 2. The molecule has 5 rings (SSSR count). The quantitative estimate of drug-likeness (QED) is 0.591.